The fraction of sp³-hybridized carbons (Fsp3) is 0.450. The number of unbranched alkanes of at least 4 members (excludes halogenated alkanes) is 1. The molecule has 1 fully saturated rings. The molecular weight excluding hydrogens is 377 g/mol. The second-order valence-corrected chi connectivity index (χ2v) is 8.11. The van der Waals surface area contributed by atoms with Crippen LogP contribution in [0.2, 0.25) is 0 Å². The summed E-state index contributed by atoms with van der Waals surface area (Å²) in [5, 5.41) is 8.60. The molecule has 2 aromatic heterocycles. The van der Waals surface area contributed by atoms with Crippen LogP contribution in [0.25, 0.3) is 16.2 Å². The molecule has 4 rings (SSSR count). The molecule has 0 spiro atoms. The number of imidazole rings is 1. The van der Waals surface area contributed by atoms with E-state index in [4.69, 9.17) is 0 Å². The topological polar surface area (TPSA) is 62.5 Å². The van der Waals surface area contributed by atoms with Crippen LogP contribution in [0.15, 0.2) is 30.5 Å². The maximum Gasteiger partial charge on any atom is 0.224 e. The molecule has 1 aromatic carbocycles. The van der Waals surface area contributed by atoms with Crippen molar-refractivity contribution in [1.82, 2.24) is 19.9 Å². The number of carbonyl (C=O) groups is 1. The maximum absolute atomic E-state index is 13.1. The summed E-state index contributed by atoms with van der Waals surface area (Å²) in [6, 6.07) is 6.30. The highest BCUT2D eigenvalue weighted by Gasteiger charge is 2.27. The second kappa shape index (κ2) is 8.26. The zero-order valence-electron chi connectivity index (χ0n) is 15.9. The van der Waals surface area contributed by atoms with Crippen molar-refractivity contribution in [1.29, 1.82) is 0 Å². The maximum atomic E-state index is 13.1. The monoisotopic (exact) mass is 401 g/mol. The number of fused-ring (bicyclic) bond motifs is 1. The quantitative estimate of drug-likeness (QED) is 0.640. The number of anilines is 1. The summed E-state index contributed by atoms with van der Waals surface area (Å²) >= 11 is 1.52. The molecule has 1 N–H and O–H groups in total. The van der Waals surface area contributed by atoms with E-state index in [2.05, 4.69) is 27.2 Å². The zero-order valence-corrected chi connectivity index (χ0v) is 16.7. The van der Waals surface area contributed by atoms with Crippen LogP contribution in [0.1, 0.15) is 32.6 Å². The average Bonchev–Trinajstić information content (AvgIpc) is 3.28. The molecule has 6 nitrogen and oxygen atoms in total. The molecule has 28 heavy (non-hydrogen) atoms. The smallest absolute Gasteiger partial charge is 0.224 e. The summed E-state index contributed by atoms with van der Waals surface area (Å²) in [5.74, 6) is -0.0988. The first-order valence-corrected chi connectivity index (χ1v) is 10.6. The zero-order chi connectivity index (χ0) is 19.5. The minimum atomic E-state index is -0.261. The van der Waals surface area contributed by atoms with Gasteiger partial charge in [0.05, 0.1) is 17.8 Å². The van der Waals surface area contributed by atoms with Gasteiger partial charge in [-0.2, -0.15) is 0 Å². The van der Waals surface area contributed by atoms with E-state index in [1.807, 2.05) is 6.20 Å². The summed E-state index contributed by atoms with van der Waals surface area (Å²) < 4.78 is 14.9. The number of amides is 1. The van der Waals surface area contributed by atoms with E-state index in [-0.39, 0.29) is 17.6 Å². The first-order chi connectivity index (χ1) is 13.6. The molecule has 1 aliphatic rings. The van der Waals surface area contributed by atoms with Gasteiger partial charge in [0.2, 0.25) is 16.0 Å². The van der Waals surface area contributed by atoms with E-state index in [9.17, 15) is 9.18 Å². The van der Waals surface area contributed by atoms with Crippen LogP contribution in [0.3, 0.4) is 0 Å². The molecule has 1 unspecified atom stereocenters. The van der Waals surface area contributed by atoms with Gasteiger partial charge in [-0.25, -0.2) is 13.9 Å². The minimum absolute atomic E-state index is 0.0107. The predicted molar refractivity (Wildman–Crippen MR) is 109 cm³/mol. The standard InChI is InChI=1S/C20H24FN5OS/c1-2-3-10-22-18(27)15-5-4-11-25(12-15)20-24-26-13-17(23-19(26)28-20)14-6-8-16(21)9-7-14/h6-9,13,15H,2-5,10-12H2,1H3,(H,22,27). The van der Waals surface area contributed by atoms with Crippen molar-refractivity contribution >= 4 is 27.3 Å². The Kier molecular flexibility index (Phi) is 5.57. The fourth-order valence-corrected chi connectivity index (χ4v) is 4.39. The van der Waals surface area contributed by atoms with Gasteiger partial charge in [-0.1, -0.05) is 24.7 Å². The van der Waals surface area contributed by atoms with Gasteiger partial charge in [0.25, 0.3) is 0 Å². The van der Waals surface area contributed by atoms with Crippen LogP contribution in [0, 0.1) is 11.7 Å². The van der Waals surface area contributed by atoms with Crippen LogP contribution >= 0.6 is 11.3 Å². The molecule has 0 aliphatic carbocycles. The van der Waals surface area contributed by atoms with Gasteiger partial charge in [0, 0.05) is 25.2 Å². The summed E-state index contributed by atoms with van der Waals surface area (Å²) in [6.45, 7) is 4.47. The van der Waals surface area contributed by atoms with Crippen LogP contribution in [0.5, 0.6) is 0 Å². The molecule has 148 valence electrons. The Morgan fingerprint density at radius 3 is 2.93 bits per heavy atom. The Morgan fingerprint density at radius 2 is 2.18 bits per heavy atom. The highest BCUT2D eigenvalue weighted by atomic mass is 32.1. The molecule has 3 heterocycles. The van der Waals surface area contributed by atoms with Crippen molar-refractivity contribution in [2.24, 2.45) is 5.92 Å². The van der Waals surface area contributed by atoms with Crippen LogP contribution in [0.4, 0.5) is 9.52 Å². The molecule has 1 atom stereocenters. The average molecular weight is 402 g/mol. The Labute approximate surface area is 167 Å². The lowest BCUT2D eigenvalue weighted by Crippen LogP contribution is -2.43. The van der Waals surface area contributed by atoms with E-state index < -0.39 is 0 Å². The Bertz CT molecular complexity index is 920. The SMILES string of the molecule is CCCCNC(=O)C1CCCN(c2nn3cc(-c4ccc(F)cc4)nc3s2)C1. The number of carbonyl (C=O) groups excluding carboxylic acids is 1. The molecule has 8 heteroatoms. The summed E-state index contributed by atoms with van der Waals surface area (Å²) in [4.78, 5) is 20.0. The number of halogens is 1. The first-order valence-electron chi connectivity index (χ1n) is 9.79. The summed E-state index contributed by atoms with van der Waals surface area (Å²) in [6.07, 6.45) is 5.86. The van der Waals surface area contributed by atoms with Crippen LogP contribution < -0.4 is 10.2 Å². The van der Waals surface area contributed by atoms with Crippen LogP contribution in [-0.2, 0) is 4.79 Å². The molecule has 0 radical (unpaired) electrons. The number of piperidine rings is 1. The van der Waals surface area contributed by atoms with Crippen molar-refractivity contribution in [2.45, 2.75) is 32.6 Å². The molecular formula is C20H24FN5OS. The van der Waals surface area contributed by atoms with E-state index >= 15 is 0 Å². The van der Waals surface area contributed by atoms with Gasteiger partial charge in [-0.05, 0) is 43.5 Å². The van der Waals surface area contributed by atoms with Gasteiger partial charge in [0.15, 0.2) is 0 Å². The molecule has 3 aromatic rings. The van der Waals surface area contributed by atoms with Gasteiger partial charge in [-0.15, -0.1) is 5.10 Å². The third-order valence-corrected chi connectivity index (χ3v) is 6.05. The van der Waals surface area contributed by atoms with Crippen molar-refractivity contribution in [2.75, 3.05) is 24.5 Å². The lowest BCUT2D eigenvalue weighted by molar-refractivity contribution is -0.125. The number of nitrogens with zero attached hydrogens (tertiary/aromatic N) is 4. The number of benzene rings is 1. The number of nitrogens with one attached hydrogen (secondary N) is 1. The number of hydrogen-bond acceptors (Lipinski definition) is 5. The molecule has 1 aliphatic heterocycles. The molecule has 1 saturated heterocycles. The van der Waals surface area contributed by atoms with E-state index in [0.717, 1.165) is 60.1 Å². The van der Waals surface area contributed by atoms with Crippen molar-refractivity contribution in [3.8, 4) is 11.3 Å². The van der Waals surface area contributed by atoms with Crippen molar-refractivity contribution in [3.05, 3.63) is 36.3 Å². The fourth-order valence-electron chi connectivity index (χ4n) is 3.47. The summed E-state index contributed by atoms with van der Waals surface area (Å²) in [5.41, 5.74) is 1.64. The van der Waals surface area contributed by atoms with E-state index in [1.165, 1.54) is 23.5 Å². The highest BCUT2D eigenvalue weighted by molar-refractivity contribution is 7.20. The van der Waals surface area contributed by atoms with Gasteiger partial charge < -0.3 is 10.2 Å². The number of hydrogen-bond donors (Lipinski definition) is 1. The van der Waals surface area contributed by atoms with Crippen LogP contribution in [-0.4, -0.2) is 40.1 Å². The third-order valence-electron chi connectivity index (χ3n) is 5.06. The molecule has 0 saturated carbocycles. The van der Waals surface area contributed by atoms with E-state index in [1.54, 1.807) is 16.6 Å². The van der Waals surface area contributed by atoms with Crippen molar-refractivity contribution in [3.63, 3.8) is 0 Å². The number of aromatic nitrogens is 3. The van der Waals surface area contributed by atoms with Gasteiger partial charge >= 0.3 is 0 Å². The van der Waals surface area contributed by atoms with Gasteiger partial charge in [0.1, 0.15) is 5.82 Å². The first kappa shape index (κ1) is 18.9. The Morgan fingerprint density at radius 1 is 1.36 bits per heavy atom. The van der Waals surface area contributed by atoms with E-state index in [0.29, 0.717) is 6.54 Å². The molecule has 1 amide bonds. The normalized spacial score (nSPS) is 17.2. The summed E-state index contributed by atoms with van der Waals surface area (Å²) in [7, 11) is 0. The van der Waals surface area contributed by atoms with Gasteiger partial charge in [-0.3, -0.25) is 4.79 Å². The third kappa shape index (κ3) is 4.01. The lowest BCUT2D eigenvalue weighted by Gasteiger charge is -2.31. The largest absolute Gasteiger partial charge is 0.356 e. The lowest BCUT2D eigenvalue weighted by atomic mass is 9.97. The van der Waals surface area contributed by atoms with Crippen molar-refractivity contribution < 1.29 is 9.18 Å². The number of rotatable bonds is 6. The molecule has 0 bridgehead atoms. The Hall–Kier alpha value is -2.48. The predicted octanol–water partition coefficient (Wildman–Crippen LogP) is 3.73. The highest BCUT2D eigenvalue weighted by Crippen LogP contribution is 2.29. The second-order valence-electron chi connectivity index (χ2n) is 7.17. The minimum Gasteiger partial charge on any atom is -0.356 e. The Balaban J connectivity index is 1.46.